The molecule has 96 valence electrons. The molecule has 6 nitrogen and oxygen atoms in total. The highest BCUT2D eigenvalue weighted by Gasteiger charge is 2.21. The molecule has 0 fully saturated rings. The van der Waals surface area contributed by atoms with E-state index in [2.05, 4.69) is 10.2 Å². The molecule has 0 saturated carbocycles. The molecule has 0 unspecified atom stereocenters. The van der Waals surface area contributed by atoms with Crippen molar-refractivity contribution in [2.75, 3.05) is 7.11 Å². The Morgan fingerprint density at radius 2 is 2.06 bits per heavy atom. The van der Waals surface area contributed by atoms with Gasteiger partial charge in [-0.05, 0) is 12.1 Å². The van der Waals surface area contributed by atoms with Gasteiger partial charge in [0.25, 0.3) is 14.2 Å². The van der Waals surface area contributed by atoms with Crippen LogP contribution in [0.5, 0.6) is 5.75 Å². The lowest BCUT2D eigenvalue weighted by Crippen LogP contribution is -2.02. The molecule has 0 N–H and O–H groups in total. The number of hydrogen-bond donors (Lipinski definition) is 0. The van der Waals surface area contributed by atoms with Gasteiger partial charge in [-0.2, -0.15) is 0 Å². The average Bonchev–Trinajstić information content (AvgIpc) is 2.71. The Bertz CT molecular complexity index is 681. The number of aromatic nitrogens is 3. The second-order valence-electron chi connectivity index (χ2n) is 3.54. The highest BCUT2D eigenvalue weighted by molar-refractivity contribution is 8.13. The van der Waals surface area contributed by atoms with Crippen molar-refractivity contribution in [2.45, 2.75) is 5.16 Å². The van der Waals surface area contributed by atoms with Crippen molar-refractivity contribution in [1.29, 1.82) is 0 Å². The Kier molecular flexibility index (Phi) is 3.27. The molecule has 1 aromatic carbocycles. The average molecular weight is 288 g/mol. The summed E-state index contributed by atoms with van der Waals surface area (Å²) >= 11 is 0. The fraction of sp³-hybridized carbons (Fsp3) is 0.200. The van der Waals surface area contributed by atoms with Crippen LogP contribution in [-0.4, -0.2) is 30.3 Å². The standard InChI is InChI=1S/C10H10ClN3O3S/c1-14-9(12-13-10(14)18(11,15)16)7-4-3-5-8(6-7)17-2/h3-6H,1-2H3. The largest absolute Gasteiger partial charge is 0.497 e. The van der Waals surface area contributed by atoms with E-state index in [4.69, 9.17) is 15.4 Å². The van der Waals surface area contributed by atoms with Crippen LogP contribution in [0.2, 0.25) is 0 Å². The molecule has 0 bridgehead atoms. The first kappa shape index (κ1) is 12.8. The van der Waals surface area contributed by atoms with Crippen LogP contribution in [0, 0.1) is 0 Å². The number of benzene rings is 1. The highest BCUT2D eigenvalue weighted by atomic mass is 35.7. The van der Waals surface area contributed by atoms with Gasteiger partial charge in [0, 0.05) is 23.3 Å². The summed E-state index contributed by atoms with van der Waals surface area (Å²) in [5.41, 5.74) is 0.691. The fourth-order valence-corrected chi connectivity index (χ4v) is 2.50. The third-order valence-corrected chi connectivity index (χ3v) is 3.59. The molecule has 0 saturated heterocycles. The van der Waals surface area contributed by atoms with Crippen LogP contribution < -0.4 is 4.74 Å². The van der Waals surface area contributed by atoms with E-state index in [9.17, 15) is 8.42 Å². The summed E-state index contributed by atoms with van der Waals surface area (Å²) in [6.45, 7) is 0. The van der Waals surface area contributed by atoms with Crippen molar-refractivity contribution >= 4 is 19.7 Å². The molecule has 0 radical (unpaired) electrons. The molecule has 8 heteroatoms. The minimum Gasteiger partial charge on any atom is -0.497 e. The molecule has 2 rings (SSSR count). The van der Waals surface area contributed by atoms with E-state index >= 15 is 0 Å². The number of halogens is 1. The summed E-state index contributed by atoms with van der Waals surface area (Å²) in [5, 5.41) is 7.10. The maximum atomic E-state index is 11.2. The molecule has 0 aliphatic rings. The number of ether oxygens (including phenoxy) is 1. The van der Waals surface area contributed by atoms with Gasteiger partial charge >= 0.3 is 0 Å². The molecular weight excluding hydrogens is 278 g/mol. The fourth-order valence-electron chi connectivity index (χ4n) is 1.54. The molecule has 2 aromatic rings. The van der Waals surface area contributed by atoms with Crippen LogP contribution in [-0.2, 0) is 16.1 Å². The van der Waals surface area contributed by atoms with Crippen LogP contribution in [0.25, 0.3) is 11.4 Å². The summed E-state index contributed by atoms with van der Waals surface area (Å²) in [4.78, 5) is 0. The second-order valence-corrected chi connectivity index (χ2v) is 5.99. The van der Waals surface area contributed by atoms with Gasteiger partial charge < -0.3 is 4.74 Å². The highest BCUT2D eigenvalue weighted by Crippen LogP contribution is 2.24. The zero-order chi connectivity index (χ0) is 13.3. The van der Waals surface area contributed by atoms with E-state index in [1.165, 1.54) is 11.6 Å². The number of methoxy groups -OCH3 is 1. The number of hydrogen-bond acceptors (Lipinski definition) is 5. The van der Waals surface area contributed by atoms with E-state index in [0.717, 1.165) is 0 Å². The van der Waals surface area contributed by atoms with Crippen LogP contribution in [0.3, 0.4) is 0 Å². The molecule has 0 amide bonds. The smallest absolute Gasteiger partial charge is 0.296 e. The molecule has 0 aliphatic carbocycles. The topological polar surface area (TPSA) is 74.1 Å². The summed E-state index contributed by atoms with van der Waals surface area (Å²) in [7, 11) is 4.42. The normalized spacial score (nSPS) is 11.5. The van der Waals surface area contributed by atoms with Gasteiger partial charge in [0.1, 0.15) is 5.75 Å². The van der Waals surface area contributed by atoms with Crippen molar-refractivity contribution in [1.82, 2.24) is 14.8 Å². The second kappa shape index (κ2) is 4.58. The van der Waals surface area contributed by atoms with Crippen molar-refractivity contribution in [3.05, 3.63) is 24.3 Å². The summed E-state index contributed by atoms with van der Waals surface area (Å²) < 4.78 is 28.9. The van der Waals surface area contributed by atoms with E-state index < -0.39 is 9.05 Å². The van der Waals surface area contributed by atoms with Crippen molar-refractivity contribution in [2.24, 2.45) is 7.05 Å². The van der Waals surface area contributed by atoms with Gasteiger partial charge in [-0.25, -0.2) is 8.42 Å². The monoisotopic (exact) mass is 287 g/mol. The zero-order valence-electron chi connectivity index (χ0n) is 9.66. The van der Waals surface area contributed by atoms with Crippen molar-refractivity contribution in [3.8, 4) is 17.1 Å². The predicted octanol–water partition coefficient (Wildman–Crippen LogP) is 1.42. The molecule has 1 heterocycles. The van der Waals surface area contributed by atoms with Gasteiger partial charge in [-0.1, -0.05) is 12.1 Å². The Morgan fingerprint density at radius 1 is 1.33 bits per heavy atom. The van der Waals surface area contributed by atoms with Gasteiger partial charge in [0.2, 0.25) is 0 Å². The molecule has 0 atom stereocenters. The lowest BCUT2D eigenvalue weighted by atomic mass is 10.2. The molecule has 0 spiro atoms. The van der Waals surface area contributed by atoms with Crippen LogP contribution in [0.15, 0.2) is 29.4 Å². The Hall–Kier alpha value is -1.60. The maximum Gasteiger partial charge on any atom is 0.296 e. The number of rotatable bonds is 3. The van der Waals surface area contributed by atoms with E-state index in [1.807, 2.05) is 0 Å². The van der Waals surface area contributed by atoms with Gasteiger partial charge in [-0.3, -0.25) is 4.57 Å². The van der Waals surface area contributed by atoms with E-state index in [1.54, 1.807) is 31.4 Å². The first-order valence-electron chi connectivity index (χ1n) is 4.92. The van der Waals surface area contributed by atoms with Gasteiger partial charge in [-0.15, -0.1) is 10.2 Å². The predicted molar refractivity (Wildman–Crippen MR) is 66.0 cm³/mol. The summed E-state index contributed by atoms with van der Waals surface area (Å²) in [6, 6.07) is 7.06. The van der Waals surface area contributed by atoms with Crippen molar-refractivity contribution in [3.63, 3.8) is 0 Å². The quantitative estimate of drug-likeness (QED) is 0.798. The Labute approximate surface area is 109 Å². The Morgan fingerprint density at radius 3 is 2.61 bits per heavy atom. The van der Waals surface area contributed by atoms with Crippen LogP contribution >= 0.6 is 10.7 Å². The lowest BCUT2D eigenvalue weighted by Gasteiger charge is -2.04. The van der Waals surface area contributed by atoms with E-state index in [-0.39, 0.29) is 5.16 Å². The van der Waals surface area contributed by atoms with Crippen LogP contribution in [0.4, 0.5) is 0 Å². The Balaban J connectivity index is 2.55. The first-order chi connectivity index (χ1) is 8.43. The van der Waals surface area contributed by atoms with Gasteiger partial charge in [0.05, 0.1) is 7.11 Å². The first-order valence-corrected chi connectivity index (χ1v) is 7.23. The van der Waals surface area contributed by atoms with Crippen LogP contribution in [0.1, 0.15) is 0 Å². The minimum atomic E-state index is -3.91. The minimum absolute atomic E-state index is 0.290. The zero-order valence-corrected chi connectivity index (χ0v) is 11.2. The van der Waals surface area contributed by atoms with Crippen molar-refractivity contribution < 1.29 is 13.2 Å². The summed E-state index contributed by atoms with van der Waals surface area (Å²) in [6.07, 6.45) is 0. The summed E-state index contributed by atoms with van der Waals surface area (Å²) in [5.74, 6) is 1.04. The SMILES string of the molecule is COc1cccc(-c2nnc(S(=O)(=O)Cl)n2C)c1. The van der Waals surface area contributed by atoms with Gasteiger partial charge in [0.15, 0.2) is 5.82 Å². The maximum absolute atomic E-state index is 11.2. The lowest BCUT2D eigenvalue weighted by molar-refractivity contribution is 0.415. The molecular formula is C10H10ClN3O3S. The molecule has 1 aromatic heterocycles. The third-order valence-electron chi connectivity index (χ3n) is 2.38. The van der Waals surface area contributed by atoms with E-state index in [0.29, 0.717) is 17.1 Å². The molecule has 18 heavy (non-hydrogen) atoms. The number of nitrogens with zero attached hydrogens (tertiary/aromatic N) is 3. The third kappa shape index (κ3) is 2.32. The molecule has 0 aliphatic heterocycles.